The Morgan fingerprint density at radius 2 is 1.95 bits per heavy atom. The second-order valence-electron chi connectivity index (χ2n) is 6.82. The van der Waals surface area contributed by atoms with E-state index in [4.69, 9.17) is 0 Å². The van der Waals surface area contributed by atoms with Crippen molar-refractivity contribution in [2.75, 3.05) is 5.32 Å². The SMILES string of the molecule is Cc1c(F)cccc1NC1CC2CC1C1CCCC21. The average Bonchev–Trinajstić information content (AvgIpc) is 3.06. The molecule has 3 aliphatic carbocycles. The fourth-order valence-corrected chi connectivity index (χ4v) is 5.20. The lowest BCUT2D eigenvalue weighted by atomic mass is 9.79. The summed E-state index contributed by atoms with van der Waals surface area (Å²) in [6.45, 7) is 1.88. The molecule has 0 aliphatic heterocycles. The van der Waals surface area contributed by atoms with E-state index in [-0.39, 0.29) is 5.82 Å². The van der Waals surface area contributed by atoms with Gasteiger partial charge in [0.2, 0.25) is 0 Å². The zero-order valence-corrected chi connectivity index (χ0v) is 11.5. The smallest absolute Gasteiger partial charge is 0.128 e. The van der Waals surface area contributed by atoms with Crippen molar-refractivity contribution in [3.05, 3.63) is 29.6 Å². The number of fused-ring (bicyclic) bond motifs is 5. The summed E-state index contributed by atoms with van der Waals surface area (Å²) in [5.74, 6) is 3.69. The minimum absolute atomic E-state index is 0.0908. The Balaban J connectivity index is 1.54. The molecule has 5 unspecified atom stereocenters. The van der Waals surface area contributed by atoms with E-state index in [2.05, 4.69) is 5.32 Å². The monoisotopic (exact) mass is 259 g/mol. The lowest BCUT2D eigenvalue weighted by molar-refractivity contribution is 0.243. The van der Waals surface area contributed by atoms with Crippen LogP contribution in [0.3, 0.4) is 0 Å². The minimum atomic E-state index is -0.0908. The highest BCUT2D eigenvalue weighted by Gasteiger charge is 2.53. The maximum absolute atomic E-state index is 13.6. The summed E-state index contributed by atoms with van der Waals surface area (Å²) < 4.78 is 13.6. The van der Waals surface area contributed by atoms with Crippen molar-refractivity contribution < 1.29 is 4.39 Å². The molecule has 3 aliphatic rings. The van der Waals surface area contributed by atoms with Crippen LogP contribution in [0.5, 0.6) is 0 Å². The number of rotatable bonds is 2. The number of benzene rings is 1. The van der Waals surface area contributed by atoms with Gasteiger partial charge in [0.15, 0.2) is 0 Å². The molecule has 2 bridgehead atoms. The van der Waals surface area contributed by atoms with Crippen LogP contribution in [0.4, 0.5) is 10.1 Å². The largest absolute Gasteiger partial charge is 0.382 e. The minimum Gasteiger partial charge on any atom is -0.382 e. The van der Waals surface area contributed by atoms with Gasteiger partial charge in [-0.3, -0.25) is 0 Å². The van der Waals surface area contributed by atoms with Gasteiger partial charge < -0.3 is 5.32 Å². The Kier molecular flexibility index (Phi) is 2.61. The van der Waals surface area contributed by atoms with Crippen LogP contribution in [0.15, 0.2) is 18.2 Å². The second kappa shape index (κ2) is 4.22. The fourth-order valence-electron chi connectivity index (χ4n) is 5.20. The van der Waals surface area contributed by atoms with Crippen LogP contribution in [-0.2, 0) is 0 Å². The topological polar surface area (TPSA) is 12.0 Å². The lowest BCUT2D eigenvalue weighted by Gasteiger charge is -2.33. The molecule has 1 aromatic carbocycles. The summed E-state index contributed by atoms with van der Waals surface area (Å²) >= 11 is 0. The van der Waals surface area contributed by atoms with E-state index in [0.29, 0.717) is 6.04 Å². The van der Waals surface area contributed by atoms with E-state index >= 15 is 0 Å². The van der Waals surface area contributed by atoms with E-state index in [9.17, 15) is 4.39 Å². The first kappa shape index (κ1) is 11.7. The van der Waals surface area contributed by atoms with E-state index in [0.717, 1.165) is 34.9 Å². The predicted octanol–water partition coefficient (Wildman–Crippen LogP) is 4.37. The van der Waals surface area contributed by atoms with Crippen LogP contribution in [-0.4, -0.2) is 6.04 Å². The Morgan fingerprint density at radius 3 is 2.84 bits per heavy atom. The van der Waals surface area contributed by atoms with Crippen LogP contribution in [0, 0.1) is 36.4 Å². The third kappa shape index (κ3) is 1.72. The van der Waals surface area contributed by atoms with Gasteiger partial charge in [0.25, 0.3) is 0 Å². The summed E-state index contributed by atoms with van der Waals surface area (Å²) in [7, 11) is 0. The van der Waals surface area contributed by atoms with Crippen molar-refractivity contribution in [3.63, 3.8) is 0 Å². The second-order valence-corrected chi connectivity index (χ2v) is 6.82. The van der Waals surface area contributed by atoms with Crippen LogP contribution in [0.1, 0.15) is 37.7 Å². The number of nitrogens with one attached hydrogen (secondary N) is 1. The third-order valence-electron chi connectivity index (χ3n) is 6.04. The van der Waals surface area contributed by atoms with Crippen molar-refractivity contribution >= 4 is 5.69 Å². The Bertz CT molecular complexity index is 498. The van der Waals surface area contributed by atoms with Crippen molar-refractivity contribution in [2.24, 2.45) is 23.7 Å². The van der Waals surface area contributed by atoms with Gasteiger partial charge in [0.1, 0.15) is 5.82 Å². The molecule has 2 heteroatoms. The van der Waals surface area contributed by atoms with Gasteiger partial charge in [0, 0.05) is 17.3 Å². The molecule has 0 spiro atoms. The molecular weight excluding hydrogens is 237 g/mol. The molecule has 1 nitrogen and oxygen atoms in total. The van der Waals surface area contributed by atoms with Gasteiger partial charge in [-0.2, -0.15) is 0 Å². The number of anilines is 1. The quantitative estimate of drug-likeness (QED) is 0.831. The van der Waals surface area contributed by atoms with Crippen molar-refractivity contribution in [1.82, 2.24) is 0 Å². The molecule has 3 fully saturated rings. The molecule has 19 heavy (non-hydrogen) atoms. The maximum Gasteiger partial charge on any atom is 0.128 e. The van der Waals surface area contributed by atoms with Gasteiger partial charge in [-0.25, -0.2) is 4.39 Å². The number of hydrogen-bond acceptors (Lipinski definition) is 1. The molecule has 4 rings (SSSR count). The summed E-state index contributed by atoms with van der Waals surface area (Å²) in [6.07, 6.45) is 7.07. The average molecular weight is 259 g/mol. The van der Waals surface area contributed by atoms with E-state index in [1.807, 2.05) is 19.1 Å². The maximum atomic E-state index is 13.6. The van der Waals surface area contributed by atoms with E-state index in [1.165, 1.54) is 32.1 Å². The molecule has 5 atom stereocenters. The van der Waals surface area contributed by atoms with Gasteiger partial charge in [0.05, 0.1) is 0 Å². The van der Waals surface area contributed by atoms with Crippen molar-refractivity contribution in [3.8, 4) is 0 Å². The highest BCUT2D eigenvalue weighted by Crippen LogP contribution is 2.59. The standard InChI is InChI=1S/C17H22FN/c1-10-15(18)6-3-7-16(10)19-17-9-11-8-14(17)13-5-2-4-12(11)13/h3,6-7,11-14,17,19H,2,4-5,8-9H2,1H3. The molecule has 0 saturated heterocycles. The molecular formula is C17H22FN. The van der Waals surface area contributed by atoms with Gasteiger partial charge in [-0.1, -0.05) is 12.5 Å². The van der Waals surface area contributed by atoms with Crippen LogP contribution < -0.4 is 5.32 Å². The van der Waals surface area contributed by atoms with Crippen LogP contribution in [0.25, 0.3) is 0 Å². The summed E-state index contributed by atoms with van der Waals surface area (Å²) in [5.41, 5.74) is 1.78. The Hall–Kier alpha value is -1.05. The molecule has 0 amide bonds. The zero-order chi connectivity index (χ0) is 13.0. The summed E-state index contributed by atoms with van der Waals surface area (Å²) in [5, 5.41) is 3.65. The van der Waals surface area contributed by atoms with Crippen molar-refractivity contribution in [2.45, 2.75) is 45.1 Å². The third-order valence-corrected chi connectivity index (χ3v) is 6.04. The first-order chi connectivity index (χ1) is 9.24. The van der Waals surface area contributed by atoms with Crippen LogP contribution >= 0.6 is 0 Å². The molecule has 102 valence electrons. The van der Waals surface area contributed by atoms with E-state index in [1.54, 1.807) is 6.07 Å². The first-order valence-electron chi connectivity index (χ1n) is 7.75. The molecule has 0 aromatic heterocycles. The zero-order valence-electron chi connectivity index (χ0n) is 11.5. The van der Waals surface area contributed by atoms with Crippen LogP contribution in [0.2, 0.25) is 0 Å². The first-order valence-corrected chi connectivity index (χ1v) is 7.75. The molecule has 0 radical (unpaired) electrons. The Labute approximate surface area is 114 Å². The summed E-state index contributed by atoms with van der Waals surface area (Å²) in [6, 6.07) is 5.98. The van der Waals surface area contributed by atoms with Gasteiger partial charge >= 0.3 is 0 Å². The molecule has 0 heterocycles. The molecule has 3 saturated carbocycles. The lowest BCUT2D eigenvalue weighted by Crippen LogP contribution is -2.34. The number of halogens is 1. The van der Waals surface area contributed by atoms with E-state index < -0.39 is 0 Å². The molecule has 1 aromatic rings. The molecule has 1 N–H and O–H groups in total. The van der Waals surface area contributed by atoms with Crippen molar-refractivity contribution in [1.29, 1.82) is 0 Å². The van der Waals surface area contributed by atoms with Gasteiger partial charge in [-0.05, 0) is 68.4 Å². The van der Waals surface area contributed by atoms with Gasteiger partial charge in [-0.15, -0.1) is 0 Å². The normalized spacial score (nSPS) is 39.6. The predicted molar refractivity (Wildman–Crippen MR) is 75.6 cm³/mol. The summed E-state index contributed by atoms with van der Waals surface area (Å²) in [4.78, 5) is 0. The fraction of sp³-hybridized carbons (Fsp3) is 0.647. The number of hydrogen-bond donors (Lipinski definition) is 1. The highest BCUT2D eigenvalue weighted by molar-refractivity contribution is 5.52. The highest BCUT2D eigenvalue weighted by atomic mass is 19.1. The Morgan fingerprint density at radius 1 is 1.11 bits per heavy atom.